The summed E-state index contributed by atoms with van der Waals surface area (Å²) >= 11 is 0. The fraction of sp³-hybridized carbons (Fsp3) is 0. The second-order valence-electron chi connectivity index (χ2n) is 2.92. The van der Waals surface area contributed by atoms with Gasteiger partial charge in [0.05, 0.1) is 0 Å². The van der Waals surface area contributed by atoms with Gasteiger partial charge in [-0.15, -0.1) is 0 Å². The summed E-state index contributed by atoms with van der Waals surface area (Å²) in [6, 6.07) is 0. The summed E-state index contributed by atoms with van der Waals surface area (Å²) in [7, 11) is 0. The Kier molecular flexibility index (Phi) is 8.26. The van der Waals surface area contributed by atoms with Crippen LogP contribution in [0.1, 0.15) is 0 Å². The fourth-order valence-corrected chi connectivity index (χ4v) is 1.02. The molecule has 10 radical (unpaired) electrons. The second kappa shape index (κ2) is 8.54. The van der Waals surface area contributed by atoms with Crippen molar-refractivity contribution in [3.63, 3.8) is 0 Å². The molecule has 88 valence electrons. The van der Waals surface area contributed by atoms with E-state index in [0.717, 1.165) is 0 Å². The second-order valence-corrected chi connectivity index (χ2v) is 2.92. The minimum atomic E-state index is -1.12. The zero-order valence-corrected chi connectivity index (χ0v) is 9.71. The van der Waals surface area contributed by atoms with Crippen molar-refractivity contribution < 1.29 is 36.9 Å². The number of aliphatic carboxylic acids is 2. The number of carbonyl (C=O) groups is 2. The van der Waals surface area contributed by atoms with Gasteiger partial charge in [0.25, 0.3) is 0 Å². The normalized spacial score (nSPS) is 20.2. The van der Waals surface area contributed by atoms with Gasteiger partial charge in [0.1, 0.15) is 0 Å². The number of hydrogen-bond donors (Lipinski definition) is 0. The molecule has 5 heteroatoms. The van der Waals surface area contributed by atoms with E-state index in [2.05, 4.69) is 0 Å². The summed E-state index contributed by atoms with van der Waals surface area (Å²) in [4.78, 5) is 19.9. The van der Waals surface area contributed by atoms with Gasteiger partial charge in [-0.2, -0.15) is 0 Å². The molecule has 0 aromatic heterocycles. The molecule has 0 heterocycles. The summed E-state index contributed by atoms with van der Waals surface area (Å²) in [5.74, 6) is -1.75. The molecule has 0 N–H and O–H groups in total. The van der Waals surface area contributed by atoms with Gasteiger partial charge in [0.2, 0.25) is 0 Å². The van der Waals surface area contributed by atoms with Crippen LogP contribution in [0.5, 0.6) is 0 Å². The minimum absolute atomic E-state index is 0. The number of hydrogen-bond acceptors (Lipinski definition) is 4. The van der Waals surface area contributed by atoms with Crippen LogP contribution in [0, 0.1) is 63.2 Å². The first kappa shape index (κ1) is 16.5. The third kappa shape index (κ3) is 6.08. The summed E-state index contributed by atoms with van der Waals surface area (Å²) < 4.78 is 0. The maximum absolute atomic E-state index is 9.95. The average molecular weight is 272 g/mol. The molecular weight excluding hydrogens is 264 g/mol. The Morgan fingerprint density at radius 1 is 0.706 bits per heavy atom. The smallest absolute Gasteiger partial charge is 0.549 e. The molecule has 0 amide bonds. The molecule has 2 fully saturated rings. The molecule has 0 spiro atoms. The third-order valence-corrected chi connectivity index (χ3v) is 1.80. The van der Waals surface area contributed by atoms with Crippen molar-refractivity contribution >= 4 is 11.9 Å². The largest absolute Gasteiger partial charge is 2.00 e. The zero-order valence-electron chi connectivity index (χ0n) is 8.61. The maximum Gasteiger partial charge on any atom is 2.00 e. The first-order chi connectivity index (χ1) is 7.61. The topological polar surface area (TPSA) is 80.3 Å². The van der Waals surface area contributed by atoms with Crippen LogP contribution in [0.15, 0.2) is 0 Å². The summed E-state index contributed by atoms with van der Waals surface area (Å²) in [6.45, 7) is 0. The molecule has 2 aliphatic carbocycles. The van der Waals surface area contributed by atoms with Gasteiger partial charge in [0, 0.05) is 23.8 Å². The molecule has 2 rings (SSSR count). The molecular formula is C12H8FeO4. The molecule has 2 aliphatic rings. The van der Waals surface area contributed by atoms with E-state index < -0.39 is 11.9 Å². The van der Waals surface area contributed by atoms with Crippen molar-refractivity contribution in [3.05, 3.63) is 63.2 Å². The quantitative estimate of drug-likeness (QED) is 0.560. The van der Waals surface area contributed by atoms with Gasteiger partial charge in [-0.1, -0.05) is 0 Å². The van der Waals surface area contributed by atoms with Crippen LogP contribution in [0.2, 0.25) is 0 Å². The van der Waals surface area contributed by atoms with Gasteiger partial charge in [-0.3, -0.25) is 0 Å². The summed E-state index contributed by atoms with van der Waals surface area (Å²) in [6.07, 6.45) is 12.6. The van der Waals surface area contributed by atoms with E-state index in [-0.39, 0.29) is 28.9 Å². The number of carbonyl (C=O) groups excluding carboxylic acids is 2. The molecule has 0 unspecified atom stereocenters. The average Bonchev–Trinajstić information content (AvgIpc) is 2.93. The Bertz CT molecular complexity index is 217. The molecule has 0 saturated heterocycles. The van der Waals surface area contributed by atoms with Crippen molar-refractivity contribution in [2.45, 2.75) is 0 Å². The van der Waals surface area contributed by atoms with E-state index in [0.29, 0.717) is 0 Å². The first-order valence-electron chi connectivity index (χ1n) is 4.47. The van der Waals surface area contributed by atoms with E-state index in [1.807, 2.05) is 0 Å². The summed E-state index contributed by atoms with van der Waals surface area (Å²) in [5, 5.41) is 19.9. The Morgan fingerprint density at radius 3 is 1.06 bits per heavy atom. The van der Waals surface area contributed by atoms with Gasteiger partial charge in [-0.25, -0.2) is 0 Å². The fourth-order valence-electron chi connectivity index (χ4n) is 1.02. The Morgan fingerprint density at radius 2 is 0.941 bits per heavy atom. The van der Waals surface area contributed by atoms with Crippen molar-refractivity contribution in [2.24, 2.45) is 0 Å². The van der Waals surface area contributed by atoms with Crippen LogP contribution in [0.3, 0.4) is 0 Å². The van der Waals surface area contributed by atoms with E-state index in [9.17, 15) is 19.8 Å². The Hall–Kier alpha value is -0.541. The van der Waals surface area contributed by atoms with Crippen molar-refractivity contribution in [2.75, 3.05) is 0 Å². The van der Waals surface area contributed by atoms with Crippen molar-refractivity contribution in [1.82, 2.24) is 0 Å². The monoisotopic (exact) mass is 272 g/mol. The molecule has 0 atom stereocenters. The first-order valence-corrected chi connectivity index (χ1v) is 4.47. The maximum atomic E-state index is 9.95. The SMILES string of the molecule is O=C([O-])[C]1[CH][CH][CH][CH]1.O=C([O-])[C]1[CH][CH][CH][CH]1.[Fe+2]. The van der Waals surface area contributed by atoms with Gasteiger partial charge >= 0.3 is 17.1 Å². The van der Waals surface area contributed by atoms with Crippen LogP contribution in [0.25, 0.3) is 0 Å². The van der Waals surface area contributed by atoms with E-state index in [4.69, 9.17) is 0 Å². The molecule has 2 saturated carbocycles. The van der Waals surface area contributed by atoms with Crippen LogP contribution in [-0.2, 0) is 26.7 Å². The molecule has 0 bridgehead atoms. The van der Waals surface area contributed by atoms with Crippen LogP contribution >= 0.6 is 0 Å². The van der Waals surface area contributed by atoms with Gasteiger partial charge in [-0.05, 0) is 51.4 Å². The van der Waals surface area contributed by atoms with E-state index >= 15 is 0 Å². The third-order valence-electron chi connectivity index (χ3n) is 1.80. The minimum Gasteiger partial charge on any atom is -0.549 e. The molecule has 4 nitrogen and oxygen atoms in total. The van der Waals surface area contributed by atoms with E-state index in [1.54, 1.807) is 25.7 Å². The van der Waals surface area contributed by atoms with Gasteiger partial charge in [0.15, 0.2) is 0 Å². The van der Waals surface area contributed by atoms with Crippen molar-refractivity contribution in [1.29, 1.82) is 0 Å². The predicted molar refractivity (Wildman–Crippen MR) is 50.9 cm³/mol. The Labute approximate surface area is 112 Å². The molecule has 0 aromatic rings. The van der Waals surface area contributed by atoms with Crippen LogP contribution in [0.4, 0.5) is 0 Å². The molecule has 17 heavy (non-hydrogen) atoms. The Balaban J connectivity index is 0.000000284. The van der Waals surface area contributed by atoms with E-state index in [1.165, 1.54) is 25.7 Å². The molecule has 0 aromatic carbocycles. The van der Waals surface area contributed by atoms with Crippen molar-refractivity contribution in [3.8, 4) is 0 Å². The van der Waals surface area contributed by atoms with Crippen LogP contribution in [-0.4, -0.2) is 11.9 Å². The predicted octanol–water partition coefficient (Wildman–Crippen LogP) is -1.72. The standard InChI is InChI=1S/2C6H5O2.Fe/c2*7-6(8)5-3-1-2-4-5;/h2*1-4H,(H,7,8);/q;;+2/p-2. The summed E-state index contributed by atoms with van der Waals surface area (Å²) in [5.41, 5.74) is 0. The number of carboxylic acids is 2. The zero-order chi connectivity index (χ0) is 12.0. The number of carboxylic acid groups (broad SMARTS) is 2. The number of rotatable bonds is 2. The molecule has 0 aliphatic heterocycles. The van der Waals surface area contributed by atoms with Gasteiger partial charge < -0.3 is 19.8 Å². The van der Waals surface area contributed by atoms with Crippen LogP contribution < -0.4 is 10.2 Å².